The number of nitrogens with zero attached hydrogens (tertiary/aromatic N) is 11. The van der Waals surface area contributed by atoms with Gasteiger partial charge in [0.1, 0.15) is 58.6 Å². The van der Waals surface area contributed by atoms with Crippen LogP contribution in [0.1, 0.15) is 20.7 Å². The summed E-state index contributed by atoms with van der Waals surface area (Å²) in [5, 5.41) is 93.8. The van der Waals surface area contributed by atoms with Crippen LogP contribution in [0.3, 0.4) is 0 Å². The van der Waals surface area contributed by atoms with Gasteiger partial charge in [0, 0.05) is 28.3 Å². The number of fused-ring (bicyclic) bond motifs is 2. The van der Waals surface area contributed by atoms with Gasteiger partial charge >= 0.3 is 22.5 Å². The van der Waals surface area contributed by atoms with Crippen molar-refractivity contribution in [3.05, 3.63) is 112 Å². The minimum Gasteiger partial charge on any atom is -0.505 e. The maximum atomic E-state index is 13.1. The first kappa shape index (κ1) is 67.4. The van der Waals surface area contributed by atoms with Gasteiger partial charge in [0.2, 0.25) is 11.6 Å². The van der Waals surface area contributed by atoms with Crippen LogP contribution in [-0.4, -0.2) is 136 Å². The number of carboxylic acid groups (broad SMARTS) is 2. The van der Waals surface area contributed by atoms with E-state index in [2.05, 4.69) is 46.0 Å². The van der Waals surface area contributed by atoms with Gasteiger partial charge in [0.15, 0.2) is 11.5 Å². The molecule has 12 N–H and O–H groups in total. The lowest BCUT2D eigenvalue weighted by Gasteiger charge is -2.13. The van der Waals surface area contributed by atoms with Gasteiger partial charge in [-0.3, -0.25) is 37.7 Å². The minimum absolute atomic E-state index is 0.222. The highest BCUT2D eigenvalue weighted by atomic mass is 32.2. The molecule has 0 amide bonds. The normalized spacial score (nSPS) is 12.5. The molecule has 0 unspecified atom stereocenters. The molecule has 1 heterocycles. The summed E-state index contributed by atoms with van der Waals surface area (Å²) in [6.07, 6.45) is 0. The van der Waals surface area contributed by atoms with Gasteiger partial charge in [-0.1, -0.05) is 6.07 Å². The van der Waals surface area contributed by atoms with E-state index < -0.39 is 221 Å². The largest absolute Gasteiger partial charge is 0.505 e. The van der Waals surface area contributed by atoms with E-state index in [1.807, 2.05) is 0 Å². The fraction of sp³-hybridized carbons (Fsp3) is 0. The Morgan fingerprint density at radius 1 is 0.549 bits per heavy atom. The fourth-order valence-electron chi connectivity index (χ4n) is 7.81. The van der Waals surface area contributed by atoms with Crippen LogP contribution in [0, 0.1) is 10.1 Å². The van der Waals surface area contributed by atoms with Crippen molar-refractivity contribution < 1.29 is 127 Å². The van der Waals surface area contributed by atoms with Gasteiger partial charge in [0.25, 0.3) is 68.6 Å². The number of nitrogen functional groups attached to an aromatic ring is 1. The lowest BCUT2D eigenvalue weighted by atomic mass is 10.1. The first-order valence-corrected chi connectivity index (χ1v) is 31.0. The molecule has 0 radical (unpaired) electrons. The first-order valence-electron chi connectivity index (χ1n) is 22.8. The number of non-ortho nitro benzene ring substituents is 1. The van der Waals surface area contributed by atoms with Crippen molar-refractivity contribution in [1.82, 2.24) is 9.78 Å². The Hall–Kier alpha value is -11.2. The molecule has 1 aromatic heterocycles. The van der Waals surface area contributed by atoms with Crippen LogP contribution in [0.2, 0.25) is 0 Å². The van der Waals surface area contributed by atoms with Crippen LogP contribution in [-0.2, 0) is 66.0 Å². The maximum Gasteiger partial charge on any atom is 0.425 e. The van der Waals surface area contributed by atoms with Gasteiger partial charge in [0.05, 0.1) is 38.5 Å². The van der Waals surface area contributed by atoms with Crippen molar-refractivity contribution in [2.75, 3.05) is 5.73 Å². The third-order valence-corrected chi connectivity index (χ3v) is 16.0. The summed E-state index contributed by atoms with van der Waals surface area (Å²) in [4.78, 5) is 38.7. The number of rotatable bonds is 19. The molecule has 91 heavy (non-hydrogen) atoms. The number of carbonyl (C=O) groups excluding carboxylic acids is 1. The highest BCUT2D eigenvalue weighted by molar-refractivity contribution is 7.87. The minimum atomic E-state index is -5.71. The van der Waals surface area contributed by atoms with E-state index in [-0.39, 0.29) is 6.47 Å². The number of carbonyl (C=O) groups is 3. The smallest absolute Gasteiger partial charge is 0.425 e. The Morgan fingerprint density at radius 2 is 1.03 bits per heavy atom. The predicted molar refractivity (Wildman–Crippen MR) is 296 cm³/mol. The molecular formula is C44H28N12O29S6. The first-order chi connectivity index (χ1) is 42.1. The lowest BCUT2D eigenvalue weighted by molar-refractivity contribution is -0.385. The van der Waals surface area contributed by atoms with Crippen molar-refractivity contribution in [2.45, 2.75) is 24.5 Å². The number of aromatic carboxylic acids is 2. The molecule has 0 spiro atoms. The number of azo groups is 4. The number of nitro benzene ring substituents is 1. The van der Waals surface area contributed by atoms with Crippen LogP contribution < -0.4 is 10.5 Å². The Kier molecular flexibility index (Phi) is 18.6. The van der Waals surface area contributed by atoms with Gasteiger partial charge in [-0.15, -0.1) is 53.5 Å². The predicted octanol–water partition coefficient (Wildman–Crippen LogP) is 6.61. The molecule has 47 heteroatoms. The van der Waals surface area contributed by atoms with Crippen LogP contribution in [0.5, 0.6) is 23.3 Å². The summed E-state index contributed by atoms with van der Waals surface area (Å²) in [6.45, 7) is -0.222. The molecule has 7 aromatic carbocycles. The summed E-state index contributed by atoms with van der Waals surface area (Å²) in [7, 11) is -30.5. The number of nitrogens with two attached hydrogens (primary N) is 1. The quantitative estimate of drug-likeness (QED) is 0.0101. The second-order valence-electron chi connectivity index (χ2n) is 17.2. The van der Waals surface area contributed by atoms with E-state index in [4.69, 9.17) is 23.1 Å². The monoisotopic (exact) mass is 1380 g/mol. The van der Waals surface area contributed by atoms with Crippen molar-refractivity contribution in [2.24, 2.45) is 40.9 Å². The number of anilines is 1. The number of phenols is 2. The number of hydrogen-bond donors (Lipinski definition) is 11. The zero-order valence-electron chi connectivity index (χ0n) is 43.4. The van der Waals surface area contributed by atoms with Crippen molar-refractivity contribution in [3.63, 3.8) is 0 Å². The number of nitro groups is 1. The highest BCUT2D eigenvalue weighted by Crippen LogP contribution is 2.49. The summed E-state index contributed by atoms with van der Waals surface area (Å²) in [6, 6.07) is 10.6. The summed E-state index contributed by atoms with van der Waals surface area (Å²) < 4.78 is 208. The summed E-state index contributed by atoms with van der Waals surface area (Å²) in [5.74, 6) is -7.64. The molecule has 0 fully saturated rings. The van der Waals surface area contributed by atoms with Gasteiger partial charge in [-0.2, -0.15) is 51.9 Å². The van der Waals surface area contributed by atoms with Crippen LogP contribution in [0.4, 0.5) is 56.9 Å². The Morgan fingerprint density at radius 3 is 1.57 bits per heavy atom. The molecule has 474 valence electrons. The Labute approximate surface area is 504 Å². The average Bonchev–Trinajstić information content (AvgIpc) is 1.35. The third-order valence-electron chi connectivity index (χ3n) is 11.5. The summed E-state index contributed by atoms with van der Waals surface area (Å²) >= 11 is 0. The Bertz CT molecular complexity index is 5340. The average molecular weight is 1380 g/mol. The van der Waals surface area contributed by atoms with Crippen molar-refractivity contribution in [3.8, 4) is 28.9 Å². The molecular weight excluding hydrogens is 1350 g/mol. The second kappa shape index (κ2) is 25.1. The molecule has 8 rings (SSSR count). The van der Waals surface area contributed by atoms with E-state index in [0.717, 1.165) is 60.7 Å². The number of phenolic OH excluding ortho intramolecular Hbond substituents is 2. The van der Waals surface area contributed by atoms with E-state index in [0.29, 0.717) is 35.0 Å². The number of aromatic nitrogens is 2. The molecule has 0 aliphatic heterocycles. The van der Waals surface area contributed by atoms with Gasteiger partial charge in [-0.25, -0.2) is 9.59 Å². The van der Waals surface area contributed by atoms with Crippen molar-refractivity contribution >= 4 is 158 Å². The van der Waals surface area contributed by atoms with E-state index in [1.54, 1.807) is 0 Å². The lowest BCUT2D eigenvalue weighted by Crippen LogP contribution is -2.06. The molecule has 0 bridgehead atoms. The summed E-state index contributed by atoms with van der Waals surface area (Å²) in [5.41, 5.74) is -3.68. The number of hydrogen-bond acceptors (Lipinski definition) is 32. The van der Waals surface area contributed by atoms with Crippen molar-refractivity contribution in [1.29, 1.82) is 0 Å². The van der Waals surface area contributed by atoms with Crippen LogP contribution in [0.15, 0.2) is 156 Å². The zero-order chi connectivity index (χ0) is 67.8. The molecule has 0 atom stereocenters. The topological polar surface area (TPSA) is 671 Å². The van der Waals surface area contributed by atoms with Crippen LogP contribution >= 0.6 is 0 Å². The Balaban J connectivity index is 0.00000285. The molecule has 0 aliphatic carbocycles. The molecule has 0 saturated carbocycles. The molecule has 41 nitrogen and oxygen atoms in total. The standard InChI is InChI=1S/C44H28N12O26S5.O3S/c45-35-29(15-30(83(67,68)69)23-4-7-27(39(59)34(23)35)49-47-26-6-2-20(56(65)66)13-32(26)85(73,74)75)51-50-28-8-3-22-24(40(28)87(79,80)81)14-33(86(76,77)78)36(38(22)58)52-46-19-1-5-25(31(12-19)84(70,71)72)48-53-37-41(82-16-57)54-55(42(37)60)21-10-17(43(61)62)9-18(11-21)44(63)64;1-4(2)3/h1-16,58-60H,45H2,(H,61,62)(H,63,64)(H,67,68,69)(H,70,71,72)(H,73,74,75)(H,76,77,78)(H,79,80,81);. The van der Waals surface area contributed by atoms with E-state index in [9.17, 15) is 115 Å². The fourth-order valence-corrected chi connectivity index (χ4v) is 11.3. The van der Waals surface area contributed by atoms with Gasteiger partial charge in [-0.05, 0) is 72.8 Å². The SMILES string of the molecule is Nc1c(N=Nc2ccc3c(O)c(N=Nc4ccc(N=Nc5c(OC=O)nn(-c6cc(C(=O)O)cc(C(=O)O)c6)c5O)c(S(=O)(=O)O)c4)c(S(=O)(=O)O)cc3c2S(=O)(=O)O)cc(S(=O)(=O)O)c2ccc(N=Nc3ccc([N+](=O)[O-])cc3S(=O)(=O)O)c(O)c12.O=S(=O)=O. The molecule has 8 aromatic rings. The number of carboxylic acids is 2. The van der Waals surface area contributed by atoms with E-state index >= 15 is 0 Å². The molecule has 0 aliphatic rings. The number of aromatic hydroxyl groups is 3. The van der Waals surface area contributed by atoms with Gasteiger partial charge < -0.3 is 36.0 Å². The number of benzene rings is 7. The van der Waals surface area contributed by atoms with E-state index in [1.165, 1.54) is 0 Å². The van der Waals surface area contributed by atoms with Crippen LogP contribution in [0.25, 0.3) is 27.2 Å². The molecule has 0 saturated heterocycles. The third kappa shape index (κ3) is 14.7. The maximum absolute atomic E-state index is 13.1. The zero-order valence-corrected chi connectivity index (χ0v) is 48.3. The number of ether oxygens (including phenoxy) is 1. The second-order valence-corrected chi connectivity index (χ2v) is 24.5. The highest BCUT2D eigenvalue weighted by Gasteiger charge is 2.30.